The van der Waals surface area contributed by atoms with E-state index in [1.807, 2.05) is 20.9 Å². The van der Waals surface area contributed by atoms with Crippen LogP contribution in [-0.4, -0.2) is 11.9 Å². The maximum absolute atomic E-state index is 4.13. The summed E-state index contributed by atoms with van der Waals surface area (Å²) in [7, 11) is 2.01. The smallest absolute Gasteiger partial charge is 0.0415 e. The average molecular weight is 237 g/mol. The van der Waals surface area contributed by atoms with Gasteiger partial charge in [-0.05, 0) is 5.39 Å². The number of benzene rings is 2. The summed E-state index contributed by atoms with van der Waals surface area (Å²) < 4.78 is 0. The van der Waals surface area contributed by atoms with Crippen LogP contribution >= 0.6 is 0 Å². The monoisotopic (exact) mass is 237 g/mol. The van der Waals surface area contributed by atoms with Crippen molar-refractivity contribution >= 4 is 22.2 Å². The average Bonchev–Trinajstić information content (AvgIpc) is 2.44. The fourth-order valence-electron chi connectivity index (χ4n) is 2.35. The molecule has 0 saturated carbocycles. The maximum Gasteiger partial charge on any atom is 0.0415 e. The van der Waals surface area contributed by atoms with Crippen LogP contribution in [0.25, 0.3) is 22.2 Å². The van der Waals surface area contributed by atoms with Crippen LogP contribution in [-0.2, 0) is 0 Å². The molecule has 18 heavy (non-hydrogen) atoms. The third-order valence-corrected chi connectivity index (χ3v) is 3.34. The lowest BCUT2D eigenvalue weighted by molar-refractivity contribution is 0.685. The summed E-state index contributed by atoms with van der Waals surface area (Å²) in [4.78, 5) is 2.05. The summed E-state index contributed by atoms with van der Waals surface area (Å²) in [6.07, 6.45) is 0. The van der Waals surface area contributed by atoms with Crippen molar-refractivity contribution in [3.63, 3.8) is 0 Å². The number of nitrogens with zero attached hydrogens (tertiary/aromatic N) is 1. The Morgan fingerprint density at radius 1 is 0.833 bits per heavy atom. The van der Waals surface area contributed by atoms with E-state index < -0.39 is 0 Å². The molecule has 1 heteroatoms. The van der Waals surface area contributed by atoms with Gasteiger partial charge in [-0.2, -0.15) is 0 Å². The van der Waals surface area contributed by atoms with Crippen LogP contribution in [0.15, 0.2) is 49.6 Å². The van der Waals surface area contributed by atoms with Gasteiger partial charge in [-0.1, -0.05) is 63.4 Å². The van der Waals surface area contributed by atoms with Crippen molar-refractivity contribution in [1.82, 2.24) is 4.90 Å². The van der Waals surface area contributed by atoms with Crippen LogP contribution in [0.4, 0.5) is 0 Å². The SMILES string of the molecule is C=C1c2cccc3cccc(c23)C(=C)N1C.CC. The van der Waals surface area contributed by atoms with Gasteiger partial charge in [0.2, 0.25) is 0 Å². The highest BCUT2D eigenvalue weighted by atomic mass is 15.1. The van der Waals surface area contributed by atoms with Gasteiger partial charge < -0.3 is 4.90 Å². The summed E-state index contributed by atoms with van der Waals surface area (Å²) >= 11 is 0. The number of rotatable bonds is 0. The standard InChI is InChI=1S/C15H13N.C2H6/c1-10-13-8-4-6-12-7-5-9-14(15(12)13)11(2)16(10)3;1-2/h4-9H,1-2H2,3H3;1-2H3. The van der Waals surface area contributed by atoms with Gasteiger partial charge in [-0.3, -0.25) is 0 Å². The van der Waals surface area contributed by atoms with Crippen molar-refractivity contribution in [3.05, 3.63) is 60.7 Å². The summed E-state index contributed by atoms with van der Waals surface area (Å²) in [6, 6.07) is 12.7. The summed E-state index contributed by atoms with van der Waals surface area (Å²) in [5, 5.41) is 2.53. The van der Waals surface area contributed by atoms with E-state index in [1.165, 1.54) is 21.9 Å². The van der Waals surface area contributed by atoms with Crippen LogP contribution in [0.5, 0.6) is 0 Å². The first kappa shape index (κ1) is 12.4. The zero-order valence-electron chi connectivity index (χ0n) is 11.3. The second-order valence-corrected chi connectivity index (χ2v) is 4.16. The summed E-state index contributed by atoms with van der Waals surface area (Å²) in [5.41, 5.74) is 4.47. The van der Waals surface area contributed by atoms with Gasteiger partial charge in [0.15, 0.2) is 0 Å². The van der Waals surface area contributed by atoms with Gasteiger partial charge in [0.1, 0.15) is 0 Å². The van der Waals surface area contributed by atoms with E-state index in [1.54, 1.807) is 0 Å². The lowest BCUT2D eigenvalue weighted by Crippen LogP contribution is -2.18. The quantitative estimate of drug-likeness (QED) is 0.639. The van der Waals surface area contributed by atoms with Crippen LogP contribution in [0.3, 0.4) is 0 Å². The van der Waals surface area contributed by atoms with Crippen LogP contribution in [0, 0.1) is 0 Å². The Labute approximate surface area is 109 Å². The zero-order chi connectivity index (χ0) is 13.3. The Kier molecular flexibility index (Phi) is 3.24. The van der Waals surface area contributed by atoms with Gasteiger partial charge in [-0.15, -0.1) is 0 Å². The van der Waals surface area contributed by atoms with E-state index in [0.717, 1.165) is 11.4 Å². The highest BCUT2D eigenvalue weighted by Crippen LogP contribution is 2.39. The molecule has 0 aliphatic carbocycles. The molecule has 1 nitrogen and oxygen atoms in total. The third kappa shape index (κ3) is 1.63. The molecule has 3 rings (SSSR count). The molecule has 0 amide bonds. The Hall–Kier alpha value is -2.02. The normalized spacial score (nSPS) is 13.4. The molecule has 0 N–H and O–H groups in total. The van der Waals surface area contributed by atoms with Crippen molar-refractivity contribution < 1.29 is 0 Å². The van der Waals surface area contributed by atoms with Crippen molar-refractivity contribution in [1.29, 1.82) is 0 Å². The lowest BCUT2D eigenvalue weighted by atomic mass is 9.92. The number of hydrogen-bond acceptors (Lipinski definition) is 1. The zero-order valence-corrected chi connectivity index (χ0v) is 11.3. The Morgan fingerprint density at radius 3 is 1.72 bits per heavy atom. The molecule has 1 aliphatic rings. The van der Waals surface area contributed by atoms with Gasteiger partial charge in [0, 0.05) is 35.0 Å². The molecule has 0 unspecified atom stereocenters. The highest BCUT2D eigenvalue weighted by molar-refractivity contribution is 6.04. The topological polar surface area (TPSA) is 3.24 Å². The van der Waals surface area contributed by atoms with Gasteiger partial charge in [0.05, 0.1) is 0 Å². The first-order valence-electron chi connectivity index (χ1n) is 6.34. The van der Waals surface area contributed by atoms with E-state index in [2.05, 4.69) is 54.5 Å². The van der Waals surface area contributed by atoms with Crippen LogP contribution < -0.4 is 0 Å². The second kappa shape index (κ2) is 4.69. The molecular formula is C17H19N. The molecule has 0 spiro atoms. The van der Waals surface area contributed by atoms with Gasteiger partial charge in [-0.25, -0.2) is 0 Å². The molecule has 0 radical (unpaired) electrons. The van der Waals surface area contributed by atoms with E-state index in [4.69, 9.17) is 0 Å². The van der Waals surface area contributed by atoms with Crippen LogP contribution in [0.2, 0.25) is 0 Å². The van der Waals surface area contributed by atoms with Crippen molar-refractivity contribution in [2.24, 2.45) is 0 Å². The minimum atomic E-state index is 1.02. The molecule has 2 aromatic rings. The molecule has 2 aromatic carbocycles. The van der Waals surface area contributed by atoms with Crippen molar-refractivity contribution in [2.75, 3.05) is 7.05 Å². The molecule has 0 atom stereocenters. The minimum Gasteiger partial charge on any atom is -0.345 e. The molecule has 0 bridgehead atoms. The lowest BCUT2D eigenvalue weighted by Gasteiger charge is -2.31. The molecular weight excluding hydrogens is 218 g/mol. The Balaban J connectivity index is 0.000000574. The first-order valence-corrected chi connectivity index (χ1v) is 6.34. The van der Waals surface area contributed by atoms with Crippen molar-refractivity contribution in [2.45, 2.75) is 13.8 Å². The molecule has 0 fully saturated rings. The van der Waals surface area contributed by atoms with E-state index >= 15 is 0 Å². The van der Waals surface area contributed by atoms with Crippen molar-refractivity contribution in [3.8, 4) is 0 Å². The molecule has 0 saturated heterocycles. The molecule has 1 aliphatic heterocycles. The molecule has 0 aromatic heterocycles. The molecule has 92 valence electrons. The fraction of sp³-hybridized carbons (Fsp3) is 0.176. The highest BCUT2D eigenvalue weighted by Gasteiger charge is 2.21. The first-order chi connectivity index (χ1) is 8.70. The minimum absolute atomic E-state index is 1.02. The van der Waals surface area contributed by atoms with Gasteiger partial charge >= 0.3 is 0 Å². The van der Waals surface area contributed by atoms with Crippen LogP contribution in [0.1, 0.15) is 25.0 Å². The maximum atomic E-state index is 4.13. The largest absolute Gasteiger partial charge is 0.345 e. The van der Waals surface area contributed by atoms with E-state index in [9.17, 15) is 0 Å². The van der Waals surface area contributed by atoms with E-state index in [0.29, 0.717) is 0 Å². The molecule has 1 heterocycles. The predicted octanol–water partition coefficient (Wildman–Crippen LogP) is 4.75. The van der Waals surface area contributed by atoms with E-state index in [-0.39, 0.29) is 0 Å². The second-order valence-electron chi connectivity index (χ2n) is 4.16. The number of hydrogen-bond donors (Lipinski definition) is 0. The van der Waals surface area contributed by atoms with Gasteiger partial charge in [0.25, 0.3) is 0 Å². The Bertz CT molecular complexity index is 572. The Morgan fingerprint density at radius 2 is 1.28 bits per heavy atom. The third-order valence-electron chi connectivity index (χ3n) is 3.34. The fourth-order valence-corrected chi connectivity index (χ4v) is 2.35. The predicted molar refractivity (Wildman–Crippen MR) is 81.1 cm³/mol. The summed E-state index contributed by atoms with van der Waals surface area (Å²) in [5.74, 6) is 0. The summed E-state index contributed by atoms with van der Waals surface area (Å²) in [6.45, 7) is 12.3.